The van der Waals surface area contributed by atoms with E-state index in [-0.39, 0.29) is 5.91 Å². The number of nitrogens with zero attached hydrogens (tertiary/aromatic N) is 2. The molecule has 0 aliphatic carbocycles. The van der Waals surface area contributed by atoms with Crippen LogP contribution in [0.25, 0.3) is 0 Å². The fourth-order valence-electron chi connectivity index (χ4n) is 3.02. The van der Waals surface area contributed by atoms with Gasteiger partial charge < -0.3 is 16.0 Å². The summed E-state index contributed by atoms with van der Waals surface area (Å²) in [5.41, 5.74) is 8.79. The van der Waals surface area contributed by atoms with Gasteiger partial charge in [-0.2, -0.15) is 0 Å². The van der Waals surface area contributed by atoms with E-state index in [2.05, 4.69) is 34.2 Å². The first-order valence-electron chi connectivity index (χ1n) is 7.36. The molecule has 2 aliphatic heterocycles. The van der Waals surface area contributed by atoms with E-state index in [1.807, 2.05) is 6.07 Å². The van der Waals surface area contributed by atoms with Crippen LogP contribution >= 0.6 is 0 Å². The SMILES string of the molecule is CCCN1CCN(c2ccc3c(c2)NC(=O)C3N)CC1. The second-order valence-corrected chi connectivity index (χ2v) is 5.57. The van der Waals surface area contributed by atoms with Gasteiger partial charge >= 0.3 is 0 Å². The molecule has 1 fully saturated rings. The van der Waals surface area contributed by atoms with E-state index in [0.717, 1.165) is 37.4 Å². The normalized spacial score (nSPS) is 22.8. The second-order valence-electron chi connectivity index (χ2n) is 5.57. The van der Waals surface area contributed by atoms with E-state index in [4.69, 9.17) is 5.73 Å². The van der Waals surface area contributed by atoms with Crippen molar-refractivity contribution in [2.24, 2.45) is 5.73 Å². The highest BCUT2D eigenvalue weighted by Crippen LogP contribution is 2.33. The number of fused-ring (bicyclic) bond motifs is 1. The Morgan fingerprint density at radius 1 is 1.30 bits per heavy atom. The van der Waals surface area contributed by atoms with Gasteiger partial charge in [-0.3, -0.25) is 9.69 Å². The Morgan fingerprint density at radius 2 is 2.05 bits per heavy atom. The molecule has 0 spiro atoms. The van der Waals surface area contributed by atoms with E-state index in [0.29, 0.717) is 0 Å². The van der Waals surface area contributed by atoms with Gasteiger partial charge in [0.15, 0.2) is 0 Å². The van der Waals surface area contributed by atoms with Crippen molar-refractivity contribution in [3.63, 3.8) is 0 Å². The molecule has 5 heteroatoms. The number of benzene rings is 1. The van der Waals surface area contributed by atoms with Crippen LogP contribution in [0, 0.1) is 0 Å². The number of carbonyl (C=O) groups is 1. The molecule has 108 valence electrons. The monoisotopic (exact) mass is 274 g/mol. The molecule has 1 aromatic carbocycles. The van der Waals surface area contributed by atoms with Crippen LogP contribution in [0.2, 0.25) is 0 Å². The first-order chi connectivity index (χ1) is 9.69. The highest BCUT2D eigenvalue weighted by Gasteiger charge is 2.27. The van der Waals surface area contributed by atoms with Crippen molar-refractivity contribution in [2.45, 2.75) is 19.4 Å². The minimum Gasteiger partial charge on any atom is -0.369 e. The highest BCUT2D eigenvalue weighted by molar-refractivity contribution is 6.02. The summed E-state index contributed by atoms with van der Waals surface area (Å²) in [4.78, 5) is 16.5. The summed E-state index contributed by atoms with van der Waals surface area (Å²) in [6.07, 6.45) is 1.21. The Kier molecular flexibility index (Phi) is 3.63. The maximum absolute atomic E-state index is 11.6. The van der Waals surface area contributed by atoms with Crippen LogP contribution in [0.4, 0.5) is 11.4 Å². The highest BCUT2D eigenvalue weighted by atomic mass is 16.2. The zero-order chi connectivity index (χ0) is 14.1. The summed E-state index contributed by atoms with van der Waals surface area (Å²) in [7, 11) is 0. The summed E-state index contributed by atoms with van der Waals surface area (Å²) in [5, 5.41) is 2.85. The molecule has 2 aliphatic rings. The Bertz CT molecular complexity index is 509. The van der Waals surface area contributed by atoms with Gasteiger partial charge in [-0.25, -0.2) is 0 Å². The molecular formula is C15H22N4O. The van der Waals surface area contributed by atoms with Crippen molar-refractivity contribution in [1.82, 2.24) is 4.90 Å². The molecule has 1 amide bonds. The molecule has 0 radical (unpaired) electrons. The Morgan fingerprint density at radius 3 is 2.75 bits per heavy atom. The number of hydrogen-bond acceptors (Lipinski definition) is 4. The third kappa shape index (κ3) is 2.39. The number of anilines is 2. The predicted molar refractivity (Wildman–Crippen MR) is 80.9 cm³/mol. The lowest BCUT2D eigenvalue weighted by molar-refractivity contribution is -0.116. The minimum atomic E-state index is -0.513. The smallest absolute Gasteiger partial charge is 0.245 e. The average molecular weight is 274 g/mol. The number of piperazine rings is 1. The number of amides is 1. The zero-order valence-corrected chi connectivity index (χ0v) is 11.9. The lowest BCUT2D eigenvalue weighted by Crippen LogP contribution is -2.46. The van der Waals surface area contributed by atoms with E-state index in [1.54, 1.807) is 0 Å². The Labute approximate surface area is 119 Å². The van der Waals surface area contributed by atoms with Crippen LogP contribution in [-0.4, -0.2) is 43.5 Å². The van der Waals surface area contributed by atoms with Crippen molar-refractivity contribution in [1.29, 1.82) is 0 Å². The molecule has 1 saturated heterocycles. The molecular weight excluding hydrogens is 252 g/mol. The van der Waals surface area contributed by atoms with Crippen molar-refractivity contribution in [3.8, 4) is 0 Å². The number of carbonyl (C=O) groups excluding carboxylic acids is 1. The van der Waals surface area contributed by atoms with Crippen molar-refractivity contribution in [2.75, 3.05) is 42.9 Å². The van der Waals surface area contributed by atoms with Crippen molar-refractivity contribution < 1.29 is 4.79 Å². The molecule has 0 aromatic heterocycles. The van der Waals surface area contributed by atoms with Gasteiger partial charge in [-0.1, -0.05) is 13.0 Å². The summed E-state index contributed by atoms with van der Waals surface area (Å²) in [6.45, 7) is 7.70. The van der Waals surface area contributed by atoms with Gasteiger partial charge in [-0.15, -0.1) is 0 Å². The van der Waals surface area contributed by atoms with E-state index < -0.39 is 6.04 Å². The summed E-state index contributed by atoms with van der Waals surface area (Å²) >= 11 is 0. The van der Waals surface area contributed by atoms with Crippen LogP contribution in [-0.2, 0) is 4.79 Å². The number of nitrogens with one attached hydrogen (secondary N) is 1. The fourth-order valence-corrected chi connectivity index (χ4v) is 3.02. The number of hydrogen-bond donors (Lipinski definition) is 2. The van der Waals surface area contributed by atoms with Gasteiger partial charge in [0.05, 0.1) is 0 Å². The van der Waals surface area contributed by atoms with Crippen LogP contribution in [0.1, 0.15) is 24.9 Å². The molecule has 5 nitrogen and oxygen atoms in total. The maximum atomic E-state index is 11.6. The first-order valence-corrected chi connectivity index (χ1v) is 7.36. The molecule has 0 bridgehead atoms. The van der Waals surface area contributed by atoms with Crippen molar-refractivity contribution in [3.05, 3.63) is 23.8 Å². The zero-order valence-electron chi connectivity index (χ0n) is 11.9. The summed E-state index contributed by atoms with van der Waals surface area (Å²) < 4.78 is 0. The van der Waals surface area contributed by atoms with Crippen LogP contribution in [0.3, 0.4) is 0 Å². The molecule has 3 rings (SSSR count). The quantitative estimate of drug-likeness (QED) is 0.868. The predicted octanol–water partition coefficient (Wildman–Crippen LogP) is 1.17. The molecule has 1 atom stereocenters. The second kappa shape index (κ2) is 5.42. The maximum Gasteiger partial charge on any atom is 0.245 e. The summed E-state index contributed by atoms with van der Waals surface area (Å²) in [6, 6.07) is 5.59. The Balaban J connectivity index is 1.71. The summed E-state index contributed by atoms with van der Waals surface area (Å²) in [5.74, 6) is -0.107. The molecule has 2 heterocycles. The Hall–Kier alpha value is -1.59. The van der Waals surface area contributed by atoms with Crippen LogP contribution in [0.5, 0.6) is 0 Å². The van der Waals surface area contributed by atoms with E-state index in [9.17, 15) is 4.79 Å². The minimum absolute atomic E-state index is 0.107. The fraction of sp³-hybridized carbons (Fsp3) is 0.533. The molecule has 3 N–H and O–H groups in total. The molecule has 1 aromatic rings. The van der Waals surface area contributed by atoms with Gasteiger partial charge in [-0.05, 0) is 25.1 Å². The van der Waals surface area contributed by atoms with E-state index >= 15 is 0 Å². The standard InChI is InChI=1S/C15H22N4O/c1-2-5-18-6-8-19(9-7-18)11-3-4-12-13(10-11)17-15(20)14(12)16/h3-4,10,14H,2,5-9,16H2,1H3,(H,17,20). The topological polar surface area (TPSA) is 61.6 Å². The van der Waals surface area contributed by atoms with Gasteiger partial charge in [0.1, 0.15) is 6.04 Å². The van der Waals surface area contributed by atoms with Gasteiger partial charge in [0, 0.05) is 43.1 Å². The lowest BCUT2D eigenvalue weighted by atomic mass is 10.1. The molecule has 0 saturated carbocycles. The third-order valence-electron chi connectivity index (χ3n) is 4.19. The van der Waals surface area contributed by atoms with E-state index in [1.165, 1.54) is 18.7 Å². The molecule has 1 unspecified atom stereocenters. The number of nitrogens with two attached hydrogens (primary N) is 1. The largest absolute Gasteiger partial charge is 0.369 e. The third-order valence-corrected chi connectivity index (χ3v) is 4.19. The van der Waals surface area contributed by atoms with Gasteiger partial charge in [0.2, 0.25) is 5.91 Å². The lowest BCUT2D eigenvalue weighted by Gasteiger charge is -2.36. The average Bonchev–Trinajstić information content (AvgIpc) is 2.75. The molecule has 20 heavy (non-hydrogen) atoms. The first kappa shape index (κ1) is 13.4. The number of rotatable bonds is 3. The van der Waals surface area contributed by atoms with Crippen LogP contribution < -0.4 is 16.0 Å². The van der Waals surface area contributed by atoms with Gasteiger partial charge in [0.25, 0.3) is 0 Å². The van der Waals surface area contributed by atoms with Crippen LogP contribution in [0.15, 0.2) is 18.2 Å². The van der Waals surface area contributed by atoms with Crippen molar-refractivity contribution >= 4 is 17.3 Å².